The molecule has 2 aliphatic heterocycles. The SMILES string of the molecule is CC1(C)NC(=O)N(CC(=O)OCC(=O)N(Cc2cccs2)c2ccc3c(c2)OCCO3)C1=O. The second kappa shape index (κ2) is 9.10. The average Bonchev–Trinajstić information content (AvgIpc) is 3.37. The largest absolute Gasteiger partial charge is 0.486 e. The molecule has 174 valence electrons. The van der Waals surface area contributed by atoms with Crippen LogP contribution in [0, 0.1) is 0 Å². The molecule has 2 aromatic rings. The Bertz CT molecular complexity index is 1080. The number of carbonyl (C=O) groups excluding carboxylic acids is 4. The van der Waals surface area contributed by atoms with Crippen molar-refractivity contribution in [3.8, 4) is 11.5 Å². The van der Waals surface area contributed by atoms with Crippen LogP contribution in [0.1, 0.15) is 18.7 Å². The second-order valence-corrected chi connectivity index (χ2v) is 9.03. The number of imide groups is 1. The Balaban J connectivity index is 1.44. The van der Waals surface area contributed by atoms with Crippen molar-refractivity contribution < 1.29 is 33.4 Å². The van der Waals surface area contributed by atoms with Gasteiger partial charge in [0.05, 0.1) is 6.54 Å². The van der Waals surface area contributed by atoms with Gasteiger partial charge in [-0.3, -0.25) is 19.3 Å². The van der Waals surface area contributed by atoms with Gasteiger partial charge in [0.25, 0.3) is 11.8 Å². The third kappa shape index (κ3) is 4.92. The van der Waals surface area contributed by atoms with E-state index in [1.54, 1.807) is 18.2 Å². The molecule has 0 spiro atoms. The number of rotatable bonds is 7. The predicted octanol–water partition coefficient (Wildman–Crippen LogP) is 1.93. The highest BCUT2D eigenvalue weighted by atomic mass is 32.1. The van der Waals surface area contributed by atoms with Crippen LogP contribution in [0.3, 0.4) is 0 Å². The highest BCUT2D eigenvalue weighted by Crippen LogP contribution is 2.34. The molecule has 0 saturated carbocycles. The number of carbonyl (C=O) groups is 4. The first-order chi connectivity index (χ1) is 15.7. The number of nitrogens with one attached hydrogen (secondary N) is 1. The Labute approximate surface area is 194 Å². The molecule has 1 aromatic carbocycles. The van der Waals surface area contributed by atoms with Crippen molar-refractivity contribution in [2.24, 2.45) is 0 Å². The number of thiophene rings is 1. The predicted molar refractivity (Wildman–Crippen MR) is 118 cm³/mol. The molecule has 1 N–H and O–H groups in total. The molecule has 11 heteroatoms. The van der Waals surface area contributed by atoms with Gasteiger partial charge in [-0.15, -0.1) is 11.3 Å². The number of esters is 1. The number of fused-ring (bicyclic) bond motifs is 1. The van der Waals surface area contributed by atoms with Crippen molar-refractivity contribution in [3.63, 3.8) is 0 Å². The Morgan fingerprint density at radius 3 is 2.61 bits per heavy atom. The fourth-order valence-electron chi connectivity index (χ4n) is 3.44. The highest BCUT2D eigenvalue weighted by Gasteiger charge is 2.45. The summed E-state index contributed by atoms with van der Waals surface area (Å²) in [7, 11) is 0. The quantitative estimate of drug-likeness (QED) is 0.483. The Morgan fingerprint density at radius 2 is 1.94 bits per heavy atom. The Kier molecular flexibility index (Phi) is 6.23. The van der Waals surface area contributed by atoms with Crippen molar-refractivity contribution in [2.75, 3.05) is 31.3 Å². The molecule has 0 bridgehead atoms. The van der Waals surface area contributed by atoms with Gasteiger partial charge in [0.2, 0.25) is 0 Å². The van der Waals surface area contributed by atoms with Crippen LogP contribution in [-0.2, 0) is 25.7 Å². The summed E-state index contributed by atoms with van der Waals surface area (Å²) in [6, 6.07) is 8.27. The summed E-state index contributed by atoms with van der Waals surface area (Å²) in [5.74, 6) is -0.738. The van der Waals surface area contributed by atoms with Gasteiger partial charge in [0, 0.05) is 16.6 Å². The molecule has 1 fully saturated rings. The molecule has 33 heavy (non-hydrogen) atoms. The third-order valence-corrected chi connectivity index (χ3v) is 5.98. The zero-order valence-corrected chi connectivity index (χ0v) is 19.0. The van der Waals surface area contributed by atoms with E-state index >= 15 is 0 Å². The molecule has 1 saturated heterocycles. The maximum absolute atomic E-state index is 13.0. The summed E-state index contributed by atoms with van der Waals surface area (Å²) < 4.78 is 16.3. The maximum Gasteiger partial charge on any atom is 0.326 e. The lowest BCUT2D eigenvalue weighted by atomic mass is 10.1. The zero-order chi connectivity index (χ0) is 23.6. The van der Waals surface area contributed by atoms with E-state index in [-0.39, 0.29) is 6.54 Å². The summed E-state index contributed by atoms with van der Waals surface area (Å²) in [6.45, 7) is 3.09. The summed E-state index contributed by atoms with van der Waals surface area (Å²) in [6.07, 6.45) is 0. The normalized spacial score (nSPS) is 16.4. The van der Waals surface area contributed by atoms with E-state index < -0.39 is 42.5 Å². The van der Waals surface area contributed by atoms with Crippen LogP contribution in [0.15, 0.2) is 35.7 Å². The average molecular weight is 474 g/mol. The summed E-state index contributed by atoms with van der Waals surface area (Å²) in [4.78, 5) is 52.7. The van der Waals surface area contributed by atoms with Crippen LogP contribution in [0.5, 0.6) is 11.5 Å². The molecule has 2 aliphatic rings. The molecule has 10 nitrogen and oxygen atoms in total. The van der Waals surface area contributed by atoms with Crippen LogP contribution in [0.25, 0.3) is 0 Å². The first kappa shape index (κ1) is 22.6. The van der Waals surface area contributed by atoms with Crippen LogP contribution in [-0.4, -0.2) is 60.6 Å². The van der Waals surface area contributed by atoms with Crippen LogP contribution < -0.4 is 19.7 Å². The maximum atomic E-state index is 13.0. The van der Waals surface area contributed by atoms with Gasteiger partial charge in [-0.2, -0.15) is 0 Å². The minimum atomic E-state index is -1.09. The number of hydrogen-bond acceptors (Lipinski definition) is 8. The number of amides is 4. The minimum Gasteiger partial charge on any atom is -0.486 e. The molecule has 4 amide bonds. The smallest absolute Gasteiger partial charge is 0.326 e. The van der Waals surface area contributed by atoms with E-state index in [9.17, 15) is 19.2 Å². The number of nitrogens with zero attached hydrogens (tertiary/aromatic N) is 2. The second-order valence-electron chi connectivity index (χ2n) is 7.99. The number of anilines is 1. The monoisotopic (exact) mass is 473 g/mol. The van der Waals surface area contributed by atoms with Gasteiger partial charge in [-0.25, -0.2) is 4.79 Å². The molecule has 0 unspecified atom stereocenters. The number of hydrogen-bond donors (Lipinski definition) is 1. The lowest BCUT2D eigenvalue weighted by Gasteiger charge is -2.25. The lowest BCUT2D eigenvalue weighted by molar-refractivity contribution is -0.150. The van der Waals surface area contributed by atoms with Crippen LogP contribution >= 0.6 is 11.3 Å². The van der Waals surface area contributed by atoms with Crippen molar-refractivity contribution in [2.45, 2.75) is 25.9 Å². The van der Waals surface area contributed by atoms with Crippen molar-refractivity contribution >= 4 is 40.8 Å². The van der Waals surface area contributed by atoms with Gasteiger partial charge in [-0.05, 0) is 37.4 Å². The fraction of sp³-hybridized carbons (Fsp3) is 0.364. The zero-order valence-electron chi connectivity index (χ0n) is 18.2. The topological polar surface area (TPSA) is 114 Å². The highest BCUT2D eigenvalue weighted by molar-refractivity contribution is 7.09. The molecule has 0 atom stereocenters. The van der Waals surface area contributed by atoms with Crippen LogP contribution in [0.4, 0.5) is 10.5 Å². The molecular formula is C22H23N3O7S. The Hall–Kier alpha value is -3.60. The molecule has 4 rings (SSSR count). The van der Waals surface area contributed by atoms with E-state index in [1.807, 2.05) is 17.5 Å². The molecule has 0 aliphatic carbocycles. The van der Waals surface area contributed by atoms with Crippen molar-refractivity contribution in [3.05, 3.63) is 40.6 Å². The Morgan fingerprint density at radius 1 is 1.18 bits per heavy atom. The molecule has 0 radical (unpaired) electrons. The van der Waals surface area contributed by atoms with Gasteiger partial charge >= 0.3 is 12.0 Å². The first-order valence-corrected chi connectivity index (χ1v) is 11.1. The standard InChI is InChI=1S/C22H23N3O7S/c1-22(2)20(28)25(21(29)23-22)12-19(27)32-13-18(26)24(11-15-4-3-9-33-15)14-5-6-16-17(10-14)31-8-7-30-16/h3-6,9-10H,7-8,11-13H2,1-2H3,(H,23,29). The van der Waals surface area contributed by atoms with Crippen molar-refractivity contribution in [1.82, 2.24) is 10.2 Å². The summed E-state index contributed by atoms with van der Waals surface area (Å²) in [5.41, 5.74) is -0.535. The van der Waals surface area contributed by atoms with E-state index in [0.717, 1.165) is 9.78 Å². The minimum absolute atomic E-state index is 0.273. The summed E-state index contributed by atoms with van der Waals surface area (Å²) >= 11 is 1.49. The van der Waals surface area contributed by atoms with E-state index in [4.69, 9.17) is 14.2 Å². The van der Waals surface area contributed by atoms with Crippen molar-refractivity contribution in [1.29, 1.82) is 0 Å². The number of urea groups is 1. The first-order valence-electron chi connectivity index (χ1n) is 10.3. The number of ether oxygens (including phenoxy) is 3. The van der Waals surface area contributed by atoms with E-state index in [2.05, 4.69) is 5.32 Å². The molecule has 3 heterocycles. The number of benzene rings is 1. The van der Waals surface area contributed by atoms with E-state index in [1.165, 1.54) is 30.1 Å². The van der Waals surface area contributed by atoms with Gasteiger partial charge in [0.15, 0.2) is 18.1 Å². The fourth-order valence-corrected chi connectivity index (χ4v) is 4.13. The van der Waals surface area contributed by atoms with Gasteiger partial charge < -0.3 is 24.4 Å². The molecule has 1 aromatic heterocycles. The van der Waals surface area contributed by atoms with Gasteiger partial charge in [0.1, 0.15) is 25.3 Å². The van der Waals surface area contributed by atoms with Crippen LogP contribution in [0.2, 0.25) is 0 Å². The molecular weight excluding hydrogens is 450 g/mol. The van der Waals surface area contributed by atoms with Gasteiger partial charge in [-0.1, -0.05) is 6.07 Å². The lowest BCUT2D eigenvalue weighted by Crippen LogP contribution is -2.41. The third-order valence-electron chi connectivity index (χ3n) is 5.12. The van der Waals surface area contributed by atoms with E-state index in [0.29, 0.717) is 30.4 Å². The summed E-state index contributed by atoms with van der Waals surface area (Å²) in [5, 5.41) is 4.39.